The third-order valence-electron chi connectivity index (χ3n) is 2.28. The van der Waals surface area contributed by atoms with Crippen molar-refractivity contribution in [1.29, 1.82) is 0 Å². The number of carbonyl (C=O) groups is 1. The highest BCUT2D eigenvalue weighted by atomic mass is 32.2. The monoisotopic (exact) mass is 294 g/mol. The van der Waals surface area contributed by atoms with Gasteiger partial charge in [-0.1, -0.05) is 0 Å². The van der Waals surface area contributed by atoms with Crippen LogP contribution in [-0.4, -0.2) is 25.7 Å². The van der Waals surface area contributed by atoms with Crippen LogP contribution in [0.1, 0.15) is 10.5 Å². The molecule has 5 N–H and O–H groups in total. The van der Waals surface area contributed by atoms with E-state index in [1.807, 2.05) is 0 Å². The number of anilines is 1. The van der Waals surface area contributed by atoms with E-state index >= 15 is 0 Å². The molecule has 0 aliphatic heterocycles. The Bertz CT molecular complexity index is 796. The molecule has 2 rings (SSSR count). The van der Waals surface area contributed by atoms with E-state index in [0.717, 1.165) is 11.8 Å². The van der Waals surface area contributed by atoms with E-state index in [-0.39, 0.29) is 15.9 Å². The lowest BCUT2D eigenvalue weighted by molar-refractivity contribution is 0.0995. The summed E-state index contributed by atoms with van der Waals surface area (Å²) in [5.41, 5.74) is 9.44. The summed E-state index contributed by atoms with van der Waals surface area (Å²) >= 11 is 0.933. The molecule has 2 aromatic rings. The summed E-state index contributed by atoms with van der Waals surface area (Å²) in [5, 5.41) is 2.73. The summed E-state index contributed by atoms with van der Waals surface area (Å²) in [6.07, 6.45) is 0. The van der Waals surface area contributed by atoms with Gasteiger partial charge in [-0.15, -0.1) is 0 Å². The van der Waals surface area contributed by atoms with Gasteiger partial charge < -0.3 is 11.5 Å². The first-order valence-corrected chi connectivity index (χ1v) is 6.11. The fourth-order valence-electron chi connectivity index (χ4n) is 1.31. The topological polar surface area (TPSA) is 150 Å². The Morgan fingerprint density at radius 1 is 1.35 bits per heavy atom. The van der Waals surface area contributed by atoms with Gasteiger partial charge in [0.1, 0.15) is 10.7 Å². The Morgan fingerprint density at radius 2 is 2.05 bits per heavy atom. The average Bonchev–Trinajstić information content (AvgIpc) is 2.38. The molecular weight excluding hydrogens is 284 g/mol. The molecule has 0 aliphatic rings. The molecule has 10 heteroatoms. The van der Waals surface area contributed by atoms with Gasteiger partial charge in [0, 0.05) is 7.05 Å². The number of hydrogen-bond acceptors (Lipinski definition) is 7. The molecule has 2 aromatic heterocycles. The third-order valence-corrected chi connectivity index (χ3v) is 3.35. The molecule has 2 heterocycles. The predicted octanol–water partition coefficient (Wildman–Crippen LogP) is -1.30. The molecule has 0 unspecified atom stereocenters. The van der Waals surface area contributed by atoms with Crippen molar-refractivity contribution in [3.8, 4) is 0 Å². The van der Waals surface area contributed by atoms with Gasteiger partial charge in [-0.05, 0) is 23.9 Å². The van der Waals surface area contributed by atoms with Crippen molar-refractivity contribution in [3.63, 3.8) is 0 Å². The van der Waals surface area contributed by atoms with Crippen molar-refractivity contribution >= 4 is 23.4 Å². The lowest BCUT2D eigenvalue weighted by atomic mass is 10.3. The van der Waals surface area contributed by atoms with E-state index in [1.165, 1.54) is 23.9 Å². The normalized spacial score (nSPS) is 10.4. The van der Waals surface area contributed by atoms with Crippen LogP contribution in [0.3, 0.4) is 0 Å². The summed E-state index contributed by atoms with van der Waals surface area (Å²) in [6, 6.07) is 2.86. The van der Waals surface area contributed by atoms with E-state index in [1.54, 1.807) is 0 Å². The van der Waals surface area contributed by atoms with Gasteiger partial charge in [0.15, 0.2) is 5.16 Å². The number of aromatic amines is 1. The summed E-state index contributed by atoms with van der Waals surface area (Å²) in [7, 11) is 1.50. The minimum atomic E-state index is -0.921. The number of aromatic nitrogens is 4. The quantitative estimate of drug-likeness (QED) is 0.595. The molecule has 0 radical (unpaired) electrons. The van der Waals surface area contributed by atoms with Crippen LogP contribution in [0, 0.1) is 0 Å². The standard InChI is InChI=1S/C10H10N6O3S/c1-16-10(14-7(18)8(19)15-16)20-9-4(11)2-3-5(13-9)6(12)17/h2-3H,11H2,1H3,(H2,12,17)(H,15,19). The highest BCUT2D eigenvalue weighted by Gasteiger charge is 2.12. The lowest BCUT2D eigenvalue weighted by Gasteiger charge is -2.07. The Balaban J connectivity index is 2.47. The second-order valence-electron chi connectivity index (χ2n) is 3.76. The first-order chi connectivity index (χ1) is 9.38. The SMILES string of the molecule is Cn1[nH]c(=O)c(=O)nc1Sc1nc(C(N)=O)ccc1N. The largest absolute Gasteiger partial charge is 0.397 e. The van der Waals surface area contributed by atoms with Crippen LogP contribution in [0.2, 0.25) is 0 Å². The molecule has 0 aromatic carbocycles. The summed E-state index contributed by atoms with van der Waals surface area (Å²) in [5.74, 6) is -0.699. The lowest BCUT2D eigenvalue weighted by Crippen LogP contribution is -2.33. The number of nitrogens with one attached hydrogen (secondary N) is 1. The van der Waals surface area contributed by atoms with Gasteiger partial charge in [-0.2, -0.15) is 4.98 Å². The number of hydrogen-bond donors (Lipinski definition) is 3. The van der Waals surface area contributed by atoms with Crippen molar-refractivity contribution in [2.45, 2.75) is 10.2 Å². The van der Waals surface area contributed by atoms with Crippen LogP contribution >= 0.6 is 11.8 Å². The summed E-state index contributed by atoms with van der Waals surface area (Å²) < 4.78 is 1.26. The zero-order valence-electron chi connectivity index (χ0n) is 10.3. The number of nitrogen functional groups attached to an aromatic ring is 1. The first-order valence-electron chi connectivity index (χ1n) is 5.30. The Morgan fingerprint density at radius 3 is 2.70 bits per heavy atom. The van der Waals surface area contributed by atoms with E-state index in [4.69, 9.17) is 11.5 Å². The van der Waals surface area contributed by atoms with Gasteiger partial charge >= 0.3 is 11.1 Å². The molecule has 1 amide bonds. The molecule has 20 heavy (non-hydrogen) atoms. The van der Waals surface area contributed by atoms with Crippen molar-refractivity contribution in [1.82, 2.24) is 19.7 Å². The van der Waals surface area contributed by atoms with Gasteiger partial charge in [-0.3, -0.25) is 24.2 Å². The maximum atomic E-state index is 11.2. The van der Waals surface area contributed by atoms with Crippen molar-refractivity contribution < 1.29 is 4.79 Å². The zero-order valence-corrected chi connectivity index (χ0v) is 11.1. The Hall–Kier alpha value is -2.62. The number of carbonyl (C=O) groups excluding carboxylic acids is 1. The Labute approximate surface area is 116 Å². The summed E-state index contributed by atoms with van der Waals surface area (Å²) in [6.45, 7) is 0. The first kappa shape index (κ1) is 13.8. The molecule has 0 saturated heterocycles. The molecule has 0 saturated carbocycles. The molecular formula is C10H10N6O3S. The second-order valence-corrected chi connectivity index (χ2v) is 4.71. The van der Waals surface area contributed by atoms with Crippen LogP contribution in [-0.2, 0) is 7.05 Å². The van der Waals surface area contributed by atoms with E-state index in [2.05, 4.69) is 15.1 Å². The number of amides is 1. The van der Waals surface area contributed by atoms with E-state index in [0.29, 0.717) is 5.69 Å². The molecule has 9 nitrogen and oxygen atoms in total. The van der Waals surface area contributed by atoms with Crippen LogP contribution in [0.5, 0.6) is 0 Å². The molecule has 0 bridgehead atoms. The fourth-order valence-corrected chi connectivity index (χ4v) is 2.12. The Kier molecular flexibility index (Phi) is 3.57. The number of aryl methyl sites for hydroxylation is 1. The second kappa shape index (κ2) is 5.17. The van der Waals surface area contributed by atoms with Gasteiger partial charge in [-0.25, -0.2) is 4.98 Å². The van der Waals surface area contributed by atoms with Crippen LogP contribution in [0.4, 0.5) is 5.69 Å². The molecule has 0 aliphatic carbocycles. The average molecular weight is 294 g/mol. The maximum Gasteiger partial charge on any atom is 0.339 e. The third kappa shape index (κ3) is 2.69. The minimum absolute atomic E-state index is 0.0381. The number of pyridine rings is 1. The minimum Gasteiger partial charge on any atom is -0.397 e. The van der Waals surface area contributed by atoms with Gasteiger partial charge in [0.2, 0.25) is 0 Å². The number of primary amides is 1. The fraction of sp³-hybridized carbons (Fsp3) is 0.100. The highest BCUT2D eigenvalue weighted by molar-refractivity contribution is 7.99. The smallest absolute Gasteiger partial charge is 0.339 e. The highest BCUT2D eigenvalue weighted by Crippen LogP contribution is 2.27. The van der Waals surface area contributed by atoms with Crippen LogP contribution in [0.15, 0.2) is 31.9 Å². The van der Waals surface area contributed by atoms with Crippen LogP contribution in [0.25, 0.3) is 0 Å². The summed E-state index contributed by atoms with van der Waals surface area (Å²) in [4.78, 5) is 41.0. The van der Waals surface area contributed by atoms with Crippen molar-refractivity contribution in [2.75, 3.05) is 5.73 Å². The maximum absolute atomic E-state index is 11.2. The van der Waals surface area contributed by atoms with Gasteiger partial charge in [0.05, 0.1) is 5.69 Å². The van der Waals surface area contributed by atoms with Crippen molar-refractivity contribution in [3.05, 3.63) is 38.5 Å². The van der Waals surface area contributed by atoms with E-state index < -0.39 is 17.0 Å². The van der Waals surface area contributed by atoms with Gasteiger partial charge in [0.25, 0.3) is 5.91 Å². The van der Waals surface area contributed by atoms with Crippen molar-refractivity contribution in [2.24, 2.45) is 12.8 Å². The predicted molar refractivity (Wildman–Crippen MR) is 71.4 cm³/mol. The van der Waals surface area contributed by atoms with E-state index in [9.17, 15) is 14.4 Å². The number of nitrogens with two attached hydrogens (primary N) is 2. The number of rotatable bonds is 3. The van der Waals surface area contributed by atoms with Crippen LogP contribution < -0.4 is 22.6 Å². The molecule has 104 valence electrons. The molecule has 0 atom stereocenters. The number of nitrogens with zero attached hydrogens (tertiary/aromatic N) is 3. The zero-order chi connectivity index (χ0) is 14.9. The molecule has 0 fully saturated rings. The number of H-pyrrole nitrogens is 1. The molecule has 0 spiro atoms.